The lowest BCUT2D eigenvalue weighted by Crippen LogP contribution is -2.46. The molecule has 154 valence electrons. The Morgan fingerprint density at radius 1 is 1.15 bits per heavy atom. The van der Waals surface area contributed by atoms with E-state index in [4.69, 9.17) is 9.47 Å². The van der Waals surface area contributed by atoms with Crippen LogP contribution in [-0.4, -0.2) is 70.7 Å². The molecule has 2 aliphatic rings. The fourth-order valence-electron chi connectivity index (χ4n) is 2.77. The van der Waals surface area contributed by atoms with Gasteiger partial charge in [-0.05, 0) is 0 Å². The molecule has 2 N–H and O–H groups in total. The summed E-state index contributed by atoms with van der Waals surface area (Å²) in [5.41, 5.74) is -0.529. The Morgan fingerprint density at radius 2 is 1.74 bits per heavy atom. The summed E-state index contributed by atoms with van der Waals surface area (Å²) < 4.78 is 38.1. The minimum atomic E-state index is -4.04. The van der Waals surface area contributed by atoms with Crippen LogP contribution in [0.5, 0.6) is 11.5 Å². The first-order valence-corrected chi connectivity index (χ1v) is 9.46. The summed E-state index contributed by atoms with van der Waals surface area (Å²) in [6.45, 7) is 4.64. The van der Waals surface area contributed by atoms with Gasteiger partial charge in [0.1, 0.15) is 13.2 Å². The third kappa shape index (κ3) is 5.80. The average molecular weight is 445 g/mol. The van der Waals surface area contributed by atoms with Gasteiger partial charge in [0.15, 0.2) is 16.4 Å². The van der Waals surface area contributed by atoms with Gasteiger partial charge in [-0.3, -0.25) is 15.0 Å². The zero-order chi connectivity index (χ0) is 17.9. The highest BCUT2D eigenvalue weighted by atomic mass is 35.5. The number of nitro benzene ring substituents is 1. The molecule has 1 aromatic carbocycles. The van der Waals surface area contributed by atoms with Crippen LogP contribution in [0.1, 0.15) is 0 Å². The van der Waals surface area contributed by atoms with E-state index in [-0.39, 0.29) is 56.1 Å². The number of hydrogen-bond acceptors (Lipinski definition) is 8. The topological polar surface area (TPSA) is 123 Å². The predicted molar refractivity (Wildman–Crippen MR) is 103 cm³/mol. The van der Waals surface area contributed by atoms with Crippen molar-refractivity contribution < 1.29 is 22.8 Å². The van der Waals surface area contributed by atoms with E-state index in [0.717, 1.165) is 38.3 Å². The molecule has 0 unspecified atom stereocenters. The standard InChI is InChI=1S/C14H20N4O6S.2ClH/c19-18(20)11-9-12-13(24-8-7-23-12)10-14(11)25(21,22)16-3-6-17-4-1-15-2-5-17;;/h9-10,15-16H,1-8H2;2*1H. The molecule has 0 aliphatic carbocycles. The number of sulfonamides is 1. The van der Waals surface area contributed by atoms with Crippen LogP contribution >= 0.6 is 24.8 Å². The maximum atomic E-state index is 12.5. The fraction of sp³-hybridized carbons (Fsp3) is 0.571. The maximum absolute atomic E-state index is 12.5. The van der Waals surface area contributed by atoms with E-state index in [1.165, 1.54) is 0 Å². The van der Waals surface area contributed by atoms with Gasteiger partial charge in [-0.1, -0.05) is 0 Å². The second-order valence-corrected chi connectivity index (χ2v) is 7.45. The van der Waals surface area contributed by atoms with Gasteiger partial charge in [0, 0.05) is 45.3 Å². The van der Waals surface area contributed by atoms with Crippen molar-refractivity contribution in [2.24, 2.45) is 0 Å². The van der Waals surface area contributed by atoms with Crippen molar-refractivity contribution in [1.82, 2.24) is 14.9 Å². The number of nitrogens with one attached hydrogen (secondary N) is 2. The highest BCUT2D eigenvalue weighted by molar-refractivity contribution is 7.89. The lowest BCUT2D eigenvalue weighted by molar-refractivity contribution is -0.388. The highest BCUT2D eigenvalue weighted by Gasteiger charge is 2.30. The number of rotatable bonds is 6. The van der Waals surface area contributed by atoms with Gasteiger partial charge in [0.25, 0.3) is 5.69 Å². The minimum Gasteiger partial charge on any atom is -0.486 e. The van der Waals surface area contributed by atoms with Crippen molar-refractivity contribution in [2.75, 3.05) is 52.5 Å². The molecule has 0 aromatic heterocycles. The molecule has 2 heterocycles. The summed E-state index contributed by atoms with van der Waals surface area (Å²) in [4.78, 5) is 12.3. The Balaban J connectivity index is 0.00000182. The minimum absolute atomic E-state index is 0. The monoisotopic (exact) mass is 444 g/mol. The van der Waals surface area contributed by atoms with E-state index in [0.29, 0.717) is 6.54 Å². The van der Waals surface area contributed by atoms with Crippen molar-refractivity contribution >= 4 is 40.5 Å². The summed E-state index contributed by atoms with van der Waals surface area (Å²) in [7, 11) is -4.04. The molecule has 1 aromatic rings. The number of benzene rings is 1. The van der Waals surface area contributed by atoms with Crippen LogP contribution in [-0.2, 0) is 10.0 Å². The predicted octanol–water partition coefficient (Wildman–Crippen LogP) is 0.393. The fourth-order valence-corrected chi connectivity index (χ4v) is 3.95. The molecule has 0 atom stereocenters. The van der Waals surface area contributed by atoms with E-state index in [9.17, 15) is 18.5 Å². The van der Waals surface area contributed by atoms with Gasteiger partial charge in [-0.2, -0.15) is 0 Å². The molecule has 10 nitrogen and oxygen atoms in total. The quantitative estimate of drug-likeness (QED) is 0.477. The Kier molecular flexibility index (Phi) is 8.99. The lowest BCUT2D eigenvalue weighted by atomic mass is 10.2. The van der Waals surface area contributed by atoms with Crippen molar-refractivity contribution in [3.63, 3.8) is 0 Å². The van der Waals surface area contributed by atoms with Crippen LogP contribution in [0, 0.1) is 10.1 Å². The first-order chi connectivity index (χ1) is 12.0. The SMILES string of the molecule is Cl.Cl.O=[N+]([O-])c1cc2c(cc1S(=O)(=O)NCCN1CCNCC1)OCCO2. The summed E-state index contributed by atoms with van der Waals surface area (Å²) in [6, 6.07) is 2.25. The van der Waals surface area contributed by atoms with Gasteiger partial charge in [-0.15, -0.1) is 24.8 Å². The second kappa shape index (κ2) is 10.2. The van der Waals surface area contributed by atoms with Crippen molar-refractivity contribution in [1.29, 1.82) is 0 Å². The molecule has 13 heteroatoms. The molecular weight excluding hydrogens is 423 g/mol. The average Bonchev–Trinajstić information content (AvgIpc) is 2.61. The zero-order valence-corrected chi connectivity index (χ0v) is 16.8. The molecule has 3 rings (SSSR count). The first-order valence-electron chi connectivity index (χ1n) is 7.98. The van der Waals surface area contributed by atoms with Crippen LogP contribution in [0.25, 0.3) is 0 Å². The number of ether oxygens (including phenoxy) is 2. The van der Waals surface area contributed by atoms with Gasteiger partial charge < -0.3 is 14.8 Å². The number of nitro groups is 1. The molecule has 1 saturated heterocycles. The largest absolute Gasteiger partial charge is 0.486 e. The van der Waals surface area contributed by atoms with E-state index in [2.05, 4.69) is 14.9 Å². The molecule has 0 saturated carbocycles. The Labute approximate surface area is 169 Å². The molecule has 2 aliphatic heterocycles. The van der Waals surface area contributed by atoms with E-state index in [1.54, 1.807) is 0 Å². The lowest BCUT2D eigenvalue weighted by Gasteiger charge is -2.27. The summed E-state index contributed by atoms with van der Waals surface area (Å²) in [5.74, 6) is 0.372. The van der Waals surface area contributed by atoms with Crippen LogP contribution < -0.4 is 19.5 Å². The summed E-state index contributed by atoms with van der Waals surface area (Å²) in [6.07, 6.45) is 0. The van der Waals surface area contributed by atoms with Crippen LogP contribution in [0.2, 0.25) is 0 Å². The van der Waals surface area contributed by atoms with Gasteiger partial charge >= 0.3 is 0 Å². The van der Waals surface area contributed by atoms with Crippen LogP contribution in [0.15, 0.2) is 17.0 Å². The number of fused-ring (bicyclic) bond motifs is 1. The second-order valence-electron chi connectivity index (χ2n) is 5.71. The number of hydrogen-bond donors (Lipinski definition) is 2. The molecule has 27 heavy (non-hydrogen) atoms. The number of halogens is 2. The number of nitrogens with zero attached hydrogens (tertiary/aromatic N) is 2. The molecule has 0 spiro atoms. The normalized spacial score (nSPS) is 16.7. The first kappa shape index (κ1) is 23.7. The van der Waals surface area contributed by atoms with Crippen molar-refractivity contribution in [2.45, 2.75) is 4.90 Å². The van der Waals surface area contributed by atoms with Gasteiger partial charge in [0.2, 0.25) is 10.0 Å². The maximum Gasteiger partial charge on any atom is 0.293 e. The highest BCUT2D eigenvalue weighted by Crippen LogP contribution is 2.38. The van der Waals surface area contributed by atoms with E-state index < -0.39 is 25.5 Å². The van der Waals surface area contributed by atoms with Gasteiger partial charge in [0.05, 0.1) is 11.0 Å². The molecule has 1 fully saturated rings. The molecular formula is C14H22Cl2N4O6S. The summed E-state index contributed by atoms with van der Waals surface area (Å²) in [5, 5.41) is 14.5. The Morgan fingerprint density at radius 3 is 2.33 bits per heavy atom. The molecule has 0 amide bonds. The third-order valence-corrected chi connectivity index (χ3v) is 5.53. The van der Waals surface area contributed by atoms with Crippen LogP contribution in [0.3, 0.4) is 0 Å². The van der Waals surface area contributed by atoms with Crippen molar-refractivity contribution in [3.05, 3.63) is 22.2 Å². The summed E-state index contributed by atoms with van der Waals surface area (Å²) >= 11 is 0. The van der Waals surface area contributed by atoms with Gasteiger partial charge in [-0.25, -0.2) is 13.1 Å². The third-order valence-electron chi connectivity index (χ3n) is 4.04. The Bertz CT molecular complexity index is 758. The number of piperazine rings is 1. The Hall–Kier alpha value is -1.37. The zero-order valence-electron chi connectivity index (χ0n) is 14.4. The van der Waals surface area contributed by atoms with Crippen LogP contribution in [0.4, 0.5) is 5.69 Å². The molecule has 0 radical (unpaired) electrons. The van der Waals surface area contributed by atoms with E-state index in [1.807, 2.05) is 0 Å². The smallest absolute Gasteiger partial charge is 0.293 e. The van der Waals surface area contributed by atoms with E-state index >= 15 is 0 Å². The molecule has 0 bridgehead atoms. The van der Waals surface area contributed by atoms with Crippen molar-refractivity contribution in [3.8, 4) is 11.5 Å².